The predicted molar refractivity (Wildman–Crippen MR) is 67.2 cm³/mol. The van der Waals surface area contributed by atoms with Crippen LogP contribution in [0.25, 0.3) is 0 Å². The van der Waals surface area contributed by atoms with Gasteiger partial charge in [0.25, 0.3) is 10.0 Å². The van der Waals surface area contributed by atoms with Crippen molar-refractivity contribution >= 4 is 16.0 Å². The topological polar surface area (TPSA) is 130 Å². The standard InChI is InChI=1S/C10H13N5O4S/c1-2-19-10(16)8-6-13-15-9(8)20(17,18)14-5-7-3-11-12-4-7/h3-4,6,14H,2,5H2,1H3,(H,11,12)(H,13,15). The highest BCUT2D eigenvalue weighted by atomic mass is 32.2. The van der Waals surface area contributed by atoms with Crippen LogP contribution in [0, 0.1) is 0 Å². The molecule has 2 rings (SSSR count). The van der Waals surface area contributed by atoms with E-state index in [-0.39, 0.29) is 23.7 Å². The summed E-state index contributed by atoms with van der Waals surface area (Å²) in [7, 11) is -3.90. The van der Waals surface area contributed by atoms with E-state index >= 15 is 0 Å². The van der Waals surface area contributed by atoms with E-state index < -0.39 is 16.0 Å². The van der Waals surface area contributed by atoms with E-state index in [1.54, 1.807) is 13.1 Å². The number of aromatic amines is 2. The van der Waals surface area contributed by atoms with Crippen molar-refractivity contribution in [1.29, 1.82) is 0 Å². The van der Waals surface area contributed by atoms with Crippen LogP contribution in [0.3, 0.4) is 0 Å². The number of H-pyrrole nitrogens is 2. The van der Waals surface area contributed by atoms with Crippen LogP contribution in [0.2, 0.25) is 0 Å². The highest BCUT2D eigenvalue weighted by Gasteiger charge is 2.25. The van der Waals surface area contributed by atoms with Gasteiger partial charge in [-0.3, -0.25) is 10.2 Å². The molecule has 2 aromatic heterocycles. The molecule has 0 aliphatic carbocycles. The quantitative estimate of drug-likeness (QED) is 0.633. The smallest absolute Gasteiger partial charge is 0.342 e. The van der Waals surface area contributed by atoms with E-state index in [2.05, 4.69) is 25.1 Å². The lowest BCUT2D eigenvalue weighted by molar-refractivity contribution is 0.0522. The zero-order valence-corrected chi connectivity index (χ0v) is 11.4. The Morgan fingerprint density at radius 3 is 2.85 bits per heavy atom. The molecule has 3 N–H and O–H groups in total. The van der Waals surface area contributed by atoms with Crippen LogP contribution >= 0.6 is 0 Å². The maximum absolute atomic E-state index is 12.1. The SMILES string of the molecule is CCOC(=O)c1cn[nH]c1S(=O)(=O)NCc1cn[nH]c1. The van der Waals surface area contributed by atoms with Gasteiger partial charge in [-0.2, -0.15) is 10.2 Å². The van der Waals surface area contributed by atoms with Gasteiger partial charge in [0, 0.05) is 18.3 Å². The summed E-state index contributed by atoms with van der Waals surface area (Å²) in [6.07, 6.45) is 4.16. The monoisotopic (exact) mass is 299 g/mol. The van der Waals surface area contributed by atoms with Crippen molar-refractivity contribution in [3.8, 4) is 0 Å². The third-order valence-electron chi connectivity index (χ3n) is 2.39. The Hall–Kier alpha value is -2.20. The van der Waals surface area contributed by atoms with Gasteiger partial charge in [-0.1, -0.05) is 0 Å². The van der Waals surface area contributed by atoms with Gasteiger partial charge >= 0.3 is 5.97 Å². The molecule has 0 amide bonds. The molecule has 0 spiro atoms. The Balaban J connectivity index is 2.17. The summed E-state index contributed by atoms with van der Waals surface area (Å²) in [4.78, 5) is 11.6. The van der Waals surface area contributed by atoms with Gasteiger partial charge in [0.15, 0.2) is 5.03 Å². The van der Waals surface area contributed by atoms with Gasteiger partial charge < -0.3 is 4.74 Å². The summed E-state index contributed by atoms with van der Waals surface area (Å²) < 4.78 is 31.3. The molecule has 0 atom stereocenters. The number of ether oxygens (including phenoxy) is 1. The van der Waals surface area contributed by atoms with E-state index in [9.17, 15) is 13.2 Å². The van der Waals surface area contributed by atoms with Crippen molar-refractivity contribution in [2.24, 2.45) is 0 Å². The van der Waals surface area contributed by atoms with Crippen molar-refractivity contribution in [1.82, 2.24) is 25.1 Å². The first-order valence-electron chi connectivity index (χ1n) is 5.72. The molecular weight excluding hydrogens is 286 g/mol. The maximum Gasteiger partial charge on any atom is 0.342 e. The fourth-order valence-corrected chi connectivity index (χ4v) is 2.56. The number of nitrogens with one attached hydrogen (secondary N) is 3. The zero-order chi connectivity index (χ0) is 14.6. The van der Waals surface area contributed by atoms with Crippen LogP contribution in [0.4, 0.5) is 0 Å². The summed E-state index contributed by atoms with van der Waals surface area (Å²) >= 11 is 0. The number of esters is 1. The van der Waals surface area contributed by atoms with Crippen molar-refractivity contribution in [2.75, 3.05) is 6.61 Å². The normalized spacial score (nSPS) is 11.4. The molecule has 0 fully saturated rings. The molecule has 2 aromatic rings. The van der Waals surface area contributed by atoms with E-state index in [1.165, 1.54) is 6.20 Å². The Kier molecular flexibility index (Phi) is 4.15. The molecule has 0 saturated carbocycles. The number of hydrogen-bond donors (Lipinski definition) is 3. The van der Waals surface area contributed by atoms with Crippen LogP contribution in [-0.2, 0) is 21.3 Å². The lowest BCUT2D eigenvalue weighted by Crippen LogP contribution is -2.25. The minimum atomic E-state index is -3.90. The first-order valence-corrected chi connectivity index (χ1v) is 7.20. The Morgan fingerprint density at radius 1 is 1.40 bits per heavy atom. The maximum atomic E-state index is 12.1. The van der Waals surface area contributed by atoms with Gasteiger partial charge in [0.2, 0.25) is 0 Å². The largest absolute Gasteiger partial charge is 0.462 e. The lowest BCUT2D eigenvalue weighted by atomic mass is 10.4. The highest BCUT2D eigenvalue weighted by molar-refractivity contribution is 7.89. The van der Waals surface area contributed by atoms with E-state index in [0.717, 1.165) is 6.20 Å². The van der Waals surface area contributed by atoms with Crippen molar-refractivity contribution in [2.45, 2.75) is 18.5 Å². The second-order valence-electron chi connectivity index (χ2n) is 3.76. The molecule has 0 saturated heterocycles. The summed E-state index contributed by atoms with van der Waals surface area (Å²) in [5, 5.41) is 11.8. The second kappa shape index (κ2) is 5.84. The molecule has 0 radical (unpaired) electrons. The summed E-state index contributed by atoms with van der Waals surface area (Å²) in [5.41, 5.74) is 0.525. The summed E-state index contributed by atoms with van der Waals surface area (Å²) in [5.74, 6) is -0.745. The van der Waals surface area contributed by atoms with E-state index in [4.69, 9.17) is 4.74 Å². The Morgan fingerprint density at radius 2 is 2.20 bits per heavy atom. The third kappa shape index (κ3) is 3.03. The molecule has 10 heteroatoms. The molecule has 2 heterocycles. The molecular formula is C10H13N5O4S. The fourth-order valence-electron chi connectivity index (χ4n) is 1.46. The van der Waals surface area contributed by atoms with Crippen LogP contribution in [-0.4, -0.2) is 41.4 Å². The second-order valence-corrected chi connectivity index (χ2v) is 5.47. The molecule has 0 unspecified atom stereocenters. The highest BCUT2D eigenvalue weighted by Crippen LogP contribution is 2.13. The van der Waals surface area contributed by atoms with E-state index in [1.807, 2.05) is 0 Å². The number of sulfonamides is 1. The third-order valence-corrected chi connectivity index (χ3v) is 3.76. The van der Waals surface area contributed by atoms with Gasteiger partial charge in [-0.05, 0) is 6.92 Å². The summed E-state index contributed by atoms with van der Waals surface area (Å²) in [6, 6.07) is 0. The minimum absolute atomic E-state index is 0.0418. The number of hydrogen-bond acceptors (Lipinski definition) is 6. The molecule has 108 valence electrons. The van der Waals surface area contributed by atoms with Gasteiger partial charge in [-0.25, -0.2) is 17.9 Å². The molecule has 0 aliphatic heterocycles. The number of rotatable bonds is 6. The van der Waals surface area contributed by atoms with Crippen LogP contribution in [0.15, 0.2) is 23.6 Å². The lowest BCUT2D eigenvalue weighted by Gasteiger charge is -2.05. The number of aromatic nitrogens is 4. The number of nitrogens with zero attached hydrogens (tertiary/aromatic N) is 2. The average Bonchev–Trinajstić information content (AvgIpc) is 3.08. The fraction of sp³-hybridized carbons (Fsp3) is 0.300. The van der Waals surface area contributed by atoms with Crippen LogP contribution < -0.4 is 4.72 Å². The van der Waals surface area contributed by atoms with Crippen molar-refractivity contribution in [3.05, 3.63) is 29.7 Å². The Labute approximate surface area is 114 Å². The first kappa shape index (κ1) is 14.2. The molecule has 20 heavy (non-hydrogen) atoms. The van der Waals surface area contributed by atoms with Crippen LogP contribution in [0.1, 0.15) is 22.8 Å². The average molecular weight is 299 g/mol. The molecule has 0 aliphatic rings. The Bertz CT molecular complexity index is 676. The molecule has 0 aromatic carbocycles. The predicted octanol–water partition coefficient (Wildman–Crippen LogP) is -0.212. The first-order chi connectivity index (χ1) is 9.54. The zero-order valence-electron chi connectivity index (χ0n) is 10.6. The van der Waals surface area contributed by atoms with Gasteiger partial charge in [-0.15, -0.1) is 0 Å². The number of carbonyl (C=O) groups is 1. The van der Waals surface area contributed by atoms with Crippen molar-refractivity contribution in [3.63, 3.8) is 0 Å². The van der Waals surface area contributed by atoms with Crippen LogP contribution in [0.5, 0.6) is 0 Å². The molecule has 9 nitrogen and oxygen atoms in total. The van der Waals surface area contributed by atoms with Gasteiger partial charge in [0.05, 0.1) is 19.0 Å². The molecule has 0 bridgehead atoms. The minimum Gasteiger partial charge on any atom is -0.462 e. The van der Waals surface area contributed by atoms with Crippen molar-refractivity contribution < 1.29 is 17.9 Å². The van der Waals surface area contributed by atoms with E-state index in [0.29, 0.717) is 5.56 Å². The van der Waals surface area contributed by atoms with Gasteiger partial charge in [0.1, 0.15) is 5.56 Å². The number of carbonyl (C=O) groups excluding carboxylic acids is 1. The summed E-state index contributed by atoms with van der Waals surface area (Å²) in [6.45, 7) is 1.81.